The molecule has 3 aromatic rings. The van der Waals surface area contributed by atoms with E-state index in [0.717, 1.165) is 22.9 Å². The fourth-order valence-corrected chi connectivity index (χ4v) is 3.60. The topological polar surface area (TPSA) is 101 Å². The van der Waals surface area contributed by atoms with Gasteiger partial charge in [0.1, 0.15) is 17.2 Å². The smallest absolute Gasteiger partial charge is 0.341 e. The molecule has 0 bridgehead atoms. The van der Waals surface area contributed by atoms with Gasteiger partial charge in [-0.05, 0) is 26.0 Å². The summed E-state index contributed by atoms with van der Waals surface area (Å²) in [6.45, 7) is 3.44. The van der Waals surface area contributed by atoms with Crippen LogP contribution in [0.4, 0.5) is 19.0 Å². The second-order valence-corrected chi connectivity index (χ2v) is 7.27. The highest BCUT2D eigenvalue weighted by Gasteiger charge is 2.36. The van der Waals surface area contributed by atoms with Gasteiger partial charge in [-0.25, -0.2) is 22.9 Å². The minimum Gasteiger partial charge on any atom is -0.477 e. The van der Waals surface area contributed by atoms with Crippen molar-refractivity contribution in [3.63, 3.8) is 0 Å². The number of carbonyl (C=O) groups is 1. The van der Waals surface area contributed by atoms with Gasteiger partial charge in [0.05, 0.1) is 11.1 Å². The molecule has 0 amide bonds. The van der Waals surface area contributed by atoms with Crippen molar-refractivity contribution in [3.8, 4) is 5.69 Å². The van der Waals surface area contributed by atoms with Crippen LogP contribution < -0.4 is 16.1 Å². The lowest BCUT2D eigenvalue weighted by atomic mass is 9.98. The minimum atomic E-state index is -1.57. The van der Waals surface area contributed by atoms with Gasteiger partial charge in [0.15, 0.2) is 17.3 Å². The summed E-state index contributed by atoms with van der Waals surface area (Å²) in [6, 6.07) is 2.28. The van der Waals surface area contributed by atoms with E-state index in [9.17, 15) is 23.5 Å². The zero-order valence-electron chi connectivity index (χ0n) is 16.0. The summed E-state index contributed by atoms with van der Waals surface area (Å²) in [6.07, 6.45) is 0.905. The van der Waals surface area contributed by atoms with E-state index in [2.05, 4.69) is 4.98 Å². The molecular weight excluding hydrogens is 401 g/mol. The number of hydrogen-bond donors (Lipinski definition) is 2. The first kappa shape index (κ1) is 19.9. The number of nitrogens with two attached hydrogens (primary N) is 1. The molecule has 4 rings (SSSR count). The molecule has 1 aromatic carbocycles. The molecule has 7 nitrogen and oxygen atoms in total. The molecule has 3 N–H and O–H groups in total. The van der Waals surface area contributed by atoms with E-state index in [-0.39, 0.29) is 40.2 Å². The van der Waals surface area contributed by atoms with Gasteiger partial charge in [0.2, 0.25) is 5.43 Å². The summed E-state index contributed by atoms with van der Waals surface area (Å²) in [5, 5.41) is 9.13. The van der Waals surface area contributed by atoms with Gasteiger partial charge in [0, 0.05) is 36.5 Å². The van der Waals surface area contributed by atoms with E-state index >= 15 is 4.39 Å². The van der Waals surface area contributed by atoms with Crippen LogP contribution in [0.15, 0.2) is 29.2 Å². The van der Waals surface area contributed by atoms with Crippen molar-refractivity contribution in [2.45, 2.75) is 25.9 Å². The van der Waals surface area contributed by atoms with E-state index < -0.39 is 34.4 Å². The number of nitrogens with zero attached hydrogens (tertiary/aromatic N) is 3. The first-order valence-corrected chi connectivity index (χ1v) is 9.08. The number of hydrogen-bond acceptors (Lipinski definition) is 5. The summed E-state index contributed by atoms with van der Waals surface area (Å²) in [5.74, 6) is -4.26. The van der Waals surface area contributed by atoms with Gasteiger partial charge >= 0.3 is 5.97 Å². The van der Waals surface area contributed by atoms with Crippen LogP contribution in [0.5, 0.6) is 0 Å². The number of carboxylic acids is 1. The predicted molar refractivity (Wildman–Crippen MR) is 104 cm³/mol. The first-order valence-electron chi connectivity index (χ1n) is 9.08. The molecule has 1 fully saturated rings. The van der Waals surface area contributed by atoms with Crippen molar-refractivity contribution in [1.29, 1.82) is 0 Å². The molecule has 2 aromatic heterocycles. The fraction of sp³-hybridized carbons (Fsp3) is 0.250. The van der Waals surface area contributed by atoms with Crippen molar-refractivity contribution < 1.29 is 23.1 Å². The van der Waals surface area contributed by atoms with Gasteiger partial charge in [0.25, 0.3) is 0 Å². The minimum absolute atomic E-state index is 0.0760. The van der Waals surface area contributed by atoms with Crippen LogP contribution >= 0.6 is 0 Å². The lowest BCUT2D eigenvalue weighted by Crippen LogP contribution is -2.63. The number of halogens is 3. The van der Waals surface area contributed by atoms with Gasteiger partial charge in [-0.1, -0.05) is 0 Å². The summed E-state index contributed by atoms with van der Waals surface area (Å²) >= 11 is 0. The third-order valence-corrected chi connectivity index (χ3v) is 5.48. The number of aromatic nitrogens is 2. The maximum atomic E-state index is 15.1. The second-order valence-electron chi connectivity index (χ2n) is 7.27. The monoisotopic (exact) mass is 418 g/mol. The van der Waals surface area contributed by atoms with Gasteiger partial charge < -0.3 is 15.7 Å². The summed E-state index contributed by atoms with van der Waals surface area (Å²) < 4.78 is 44.0. The molecule has 1 saturated heterocycles. The van der Waals surface area contributed by atoms with Crippen LogP contribution in [0.1, 0.15) is 22.8 Å². The van der Waals surface area contributed by atoms with Crippen LogP contribution in [0.2, 0.25) is 0 Å². The van der Waals surface area contributed by atoms with Crippen molar-refractivity contribution in [2.24, 2.45) is 5.73 Å². The maximum Gasteiger partial charge on any atom is 0.341 e. The number of carboxylic acid groups (broad SMARTS) is 1. The van der Waals surface area contributed by atoms with E-state index in [1.807, 2.05) is 0 Å². The molecule has 2 atom stereocenters. The summed E-state index contributed by atoms with van der Waals surface area (Å²) in [7, 11) is 0. The van der Waals surface area contributed by atoms with Gasteiger partial charge in [-0.15, -0.1) is 0 Å². The third kappa shape index (κ3) is 2.83. The molecule has 0 spiro atoms. The van der Waals surface area contributed by atoms with Crippen LogP contribution in [-0.2, 0) is 0 Å². The Morgan fingerprint density at radius 2 is 2.00 bits per heavy atom. The molecule has 0 radical (unpaired) electrons. The highest BCUT2D eigenvalue weighted by molar-refractivity contribution is 5.94. The van der Waals surface area contributed by atoms with Crippen LogP contribution in [0.3, 0.4) is 0 Å². The maximum absolute atomic E-state index is 15.1. The Labute approximate surface area is 168 Å². The van der Waals surface area contributed by atoms with Crippen molar-refractivity contribution >= 4 is 22.8 Å². The predicted octanol–water partition coefficient (Wildman–Crippen LogP) is 2.35. The third-order valence-electron chi connectivity index (χ3n) is 5.48. The highest BCUT2D eigenvalue weighted by Crippen LogP contribution is 2.32. The largest absolute Gasteiger partial charge is 0.477 e. The Balaban J connectivity index is 2.12. The molecule has 30 heavy (non-hydrogen) atoms. The standard InChI is InChI=1S/C20H17F3N4O3/c1-8-15-17(28)11(20(29)30)6-27(14-4-3-10(21)5-12(14)22)18(15)25-19(16(8)23)26-7-13(24)9(26)2/h3-6,9,13H,7,24H2,1-2H3,(H,29,30)/t9-,13+/m0/s1. The molecule has 1 aliphatic rings. The summed E-state index contributed by atoms with van der Waals surface area (Å²) in [5.41, 5.74) is 3.75. The van der Waals surface area contributed by atoms with E-state index in [4.69, 9.17) is 5.73 Å². The quantitative estimate of drug-likeness (QED) is 0.677. The molecule has 0 unspecified atom stereocenters. The summed E-state index contributed by atoms with van der Waals surface area (Å²) in [4.78, 5) is 30.2. The lowest BCUT2D eigenvalue weighted by molar-refractivity contribution is 0.0695. The first-order chi connectivity index (χ1) is 14.1. The van der Waals surface area contributed by atoms with Crippen molar-refractivity contribution in [1.82, 2.24) is 9.55 Å². The molecule has 0 aliphatic carbocycles. The van der Waals surface area contributed by atoms with Crippen LogP contribution in [0.25, 0.3) is 16.7 Å². The zero-order valence-corrected chi connectivity index (χ0v) is 16.0. The van der Waals surface area contributed by atoms with E-state index in [1.165, 1.54) is 6.92 Å². The van der Waals surface area contributed by atoms with E-state index in [1.54, 1.807) is 11.8 Å². The van der Waals surface area contributed by atoms with Crippen molar-refractivity contribution in [3.05, 3.63) is 63.2 Å². The highest BCUT2D eigenvalue weighted by atomic mass is 19.1. The molecule has 10 heteroatoms. The molecule has 1 aliphatic heterocycles. The number of anilines is 1. The normalized spacial score (nSPS) is 18.5. The van der Waals surface area contributed by atoms with Gasteiger partial charge in [-0.3, -0.25) is 9.36 Å². The van der Waals surface area contributed by atoms with Crippen molar-refractivity contribution in [2.75, 3.05) is 11.4 Å². The Morgan fingerprint density at radius 1 is 1.30 bits per heavy atom. The Kier molecular flexibility index (Phi) is 4.53. The Bertz CT molecular complexity index is 1270. The fourth-order valence-electron chi connectivity index (χ4n) is 3.60. The van der Waals surface area contributed by atoms with Crippen LogP contribution in [0, 0.1) is 24.4 Å². The molecule has 0 saturated carbocycles. The van der Waals surface area contributed by atoms with Crippen LogP contribution in [-0.4, -0.2) is 39.3 Å². The molecule has 3 heterocycles. The lowest BCUT2D eigenvalue weighted by Gasteiger charge is -2.45. The second kappa shape index (κ2) is 6.84. The van der Waals surface area contributed by atoms with Gasteiger partial charge in [-0.2, -0.15) is 0 Å². The number of aromatic carboxylic acids is 1. The number of rotatable bonds is 3. The Hall–Kier alpha value is -3.40. The average molecular weight is 418 g/mol. The number of fused-ring (bicyclic) bond motifs is 1. The molecular formula is C20H17F3N4O3. The zero-order chi connectivity index (χ0) is 21.9. The average Bonchev–Trinajstić information content (AvgIpc) is 2.69. The Morgan fingerprint density at radius 3 is 2.57 bits per heavy atom. The SMILES string of the molecule is Cc1c(F)c(N2C[C@@H](N)[C@@H]2C)nc2c1c(=O)c(C(=O)O)cn2-c1ccc(F)cc1F. The van der Waals surface area contributed by atoms with E-state index in [0.29, 0.717) is 12.6 Å². The molecule has 156 valence electrons. The number of benzene rings is 1. The number of aryl methyl sites for hydroxylation is 1. The number of pyridine rings is 2.